The lowest BCUT2D eigenvalue weighted by Gasteiger charge is -2.53. The first kappa shape index (κ1) is 12.1. The second-order valence-corrected chi connectivity index (χ2v) is 5.55. The normalized spacial score (nSPS) is 27.3. The largest absolute Gasteiger partial charge is 0.381 e. The van der Waals surface area contributed by atoms with Gasteiger partial charge in [-0.1, -0.05) is 0 Å². The molecule has 3 rings (SSSR count). The van der Waals surface area contributed by atoms with Crippen LogP contribution in [0.1, 0.15) is 18.4 Å². The van der Waals surface area contributed by atoms with Gasteiger partial charge in [0.15, 0.2) is 0 Å². The van der Waals surface area contributed by atoms with Crippen molar-refractivity contribution in [2.75, 3.05) is 26.8 Å². The van der Waals surface area contributed by atoms with E-state index in [2.05, 4.69) is 16.2 Å². The molecule has 2 aliphatic heterocycles. The molecule has 0 radical (unpaired) electrons. The SMILES string of the molecule is CO[C@H]1CCOC2(C1)CN(Cc1cnn(C)c1)C2. The van der Waals surface area contributed by atoms with E-state index in [-0.39, 0.29) is 5.60 Å². The monoisotopic (exact) mass is 251 g/mol. The molecule has 0 bridgehead atoms. The van der Waals surface area contributed by atoms with Gasteiger partial charge in [0.2, 0.25) is 0 Å². The quantitative estimate of drug-likeness (QED) is 0.796. The summed E-state index contributed by atoms with van der Waals surface area (Å²) in [5, 5.41) is 4.20. The van der Waals surface area contributed by atoms with Gasteiger partial charge in [-0.05, 0) is 6.42 Å². The second-order valence-electron chi connectivity index (χ2n) is 5.55. The van der Waals surface area contributed by atoms with Crippen molar-refractivity contribution in [3.63, 3.8) is 0 Å². The average molecular weight is 251 g/mol. The predicted molar refractivity (Wildman–Crippen MR) is 67.2 cm³/mol. The van der Waals surface area contributed by atoms with Crippen molar-refractivity contribution in [1.82, 2.24) is 14.7 Å². The summed E-state index contributed by atoms with van der Waals surface area (Å²) in [6.07, 6.45) is 6.45. The molecule has 0 saturated carbocycles. The zero-order chi connectivity index (χ0) is 12.6. The Labute approximate surface area is 108 Å². The standard InChI is InChI=1S/C13H21N3O2/c1-15-7-11(6-14-15)8-16-9-13(10-16)5-12(17-2)3-4-18-13/h6-7,12H,3-5,8-10H2,1-2H3/t12-/m0/s1. The van der Waals surface area contributed by atoms with Crippen LogP contribution in [0.15, 0.2) is 12.4 Å². The maximum atomic E-state index is 5.96. The number of ether oxygens (including phenoxy) is 2. The molecular weight excluding hydrogens is 230 g/mol. The molecule has 0 N–H and O–H groups in total. The summed E-state index contributed by atoms with van der Waals surface area (Å²) in [7, 11) is 3.75. The molecule has 0 aromatic carbocycles. The van der Waals surface area contributed by atoms with Gasteiger partial charge < -0.3 is 9.47 Å². The Morgan fingerprint density at radius 2 is 2.39 bits per heavy atom. The van der Waals surface area contributed by atoms with Crippen LogP contribution in [-0.2, 0) is 23.1 Å². The van der Waals surface area contributed by atoms with Crippen molar-refractivity contribution in [3.05, 3.63) is 18.0 Å². The van der Waals surface area contributed by atoms with Gasteiger partial charge in [0.25, 0.3) is 0 Å². The second kappa shape index (κ2) is 4.64. The predicted octanol–water partition coefficient (Wildman–Crippen LogP) is 0.800. The van der Waals surface area contributed by atoms with E-state index in [0.717, 1.165) is 39.1 Å². The van der Waals surface area contributed by atoms with Crippen LogP contribution in [0.5, 0.6) is 0 Å². The van der Waals surface area contributed by atoms with E-state index in [1.54, 1.807) is 7.11 Å². The summed E-state index contributed by atoms with van der Waals surface area (Å²) in [6.45, 7) is 3.83. The Morgan fingerprint density at radius 3 is 3.06 bits per heavy atom. The number of aromatic nitrogens is 2. The van der Waals surface area contributed by atoms with Crippen molar-refractivity contribution in [1.29, 1.82) is 0 Å². The van der Waals surface area contributed by atoms with Gasteiger partial charge in [-0.2, -0.15) is 5.10 Å². The van der Waals surface area contributed by atoms with Gasteiger partial charge in [-0.25, -0.2) is 0 Å². The third kappa shape index (κ3) is 2.30. The van der Waals surface area contributed by atoms with Crippen LogP contribution in [-0.4, -0.2) is 53.2 Å². The van der Waals surface area contributed by atoms with Gasteiger partial charge in [-0.3, -0.25) is 9.58 Å². The molecule has 0 amide bonds. The van der Waals surface area contributed by atoms with Crippen molar-refractivity contribution in [3.8, 4) is 0 Å². The lowest BCUT2D eigenvalue weighted by atomic mass is 9.84. The van der Waals surface area contributed by atoms with E-state index in [1.165, 1.54) is 5.56 Å². The summed E-state index contributed by atoms with van der Waals surface area (Å²) in [5.41, 5.74) is 1.33. The molecule has 5 heteroatoms. The fourth-order valence-corrected chi connectivity index (χ4v) is 3.10. The molecule has 1 aromatic heterocycles. The van der Waals surface area contributed by atoms with Crippen molar-refractivity contribution in [2.45, 2.75) is 31.1 Å². The minimum Gasteiger partial charge on any atom is -0.381 e. The van der Waals surface area contributed by atoms with Crippen molar-refractivity contribution < 1.29 is 9.47 Å². The molecule has 1 aromatic rings. The van der Waals surface area contributed by atoms with Crippen LogP contribution in [0.4, 0.5) is 0 Å². The van der Waals surface area contributed by atoms with Gasteiger partial charge in [0.1, 0.15) is 0 Å². The number of rotatable bonds is 3. The molecule has 5 nitrogen and oxygen atoms in total. The molecule has 0 aliphatic carbocycles. The van der Waals surface area contributed by atoms with Crippen LogP contribution in [0, 0.1) is 0 Å². The highest BCUT2D eigenvalue weighted by molar-refractivity contribution is 5.08. The van der Waals surface area contributed by atoms with Gasteiger partial charge in [0, 0.05) is 58.6 Å². The topological polar surface area (TPSA) is 39.5 Å². The number of likely N-dealkylation sites (tertiary alicyclic amines) is 1. The number of nitrogens with zero attached hydrogens (tertiary/aromatic N) is 3. The van der Waals surface area contributed by atoms with E-state index in [9.17, 15) is 0 Å². The fraction of sp³-hybridized carbons (Fsp3) is 0.769. The Hall–Kier alpha value is -0.910. The lowest BCUT2D eigenvalue weighted by Crippen LogP contribution is -2.65. The van der Waals surface area contributed by atoms with Gasteiger partial charge >= 0.3 is 0 Å². The number of aryl methyl sites for hydroxylation is 1. The fourth-order valence-electron chi connectivity index (χ4n) is 3.10. The van der Waals surface area contributed by atoms with Crippen LogP contribution < -0.4 is 0 Å². The zero-order valence-electron chi connectivity index (χ0n) is 11.1. The molecule has 3 heterocycles. The minimum atomic E-state index is 0.0567. The van der Waals surface area contributed by atoms with Crippen molar-refractivity contribution in [2.24, 2.45) is 7.05 Å². The minimum absolute atomic E-state index is 0.0567. The van der Waals surface area contributed by atoms with Crippen LogP contribution >= 0.6 is 0 Å². The van der Waals surface area contributed by atoms with E-state index in [4.69, 9.17) is 9.47 Å². The third-order valence-electron chi connectivity index (χ3n) is 3.97. The molecule has 1 atom stereocenters. The number of hydrogen-bond donors (Lipinski definition) is 0. The highest BCUT2D eigenvalue weighted by atomic mass is 16.5. The molecule has 0 unspecified atom stereocenters. The van der Waals surface area contributed by atoms with Crippen LogP contribution in [0.3, 0.4) is 0 Å². The molecule has 18 heavy (non-hydrogen) atoms. The summed E-state index contributed by atoms with van der Waals surface area (Å²) in [4.78, 5) is 2.41. The van der Waals surface area contributed by atoms with Gasteiger partial charge in [-0.15, -0.1) is 0 Å². The van der Waals surface area contributed by atoms with E-state index in [1.807, 2.05) is 17.9 Å². The summed E-state index contributed by atoms with van der Waals surface area (Å²) in [6, 6.07) is 0. The molecule has 2 saturated heterocycles. The average Bonchev–Trinajstić information content (AvgIpc) is 2.73. The van der Waals surface area contributed by atoms with Crippen LogP contribution in [0.2, 0.25) is 0 Å². The van der Waals surface area contributed by atoms with Crippen LogP contribution in [0.25, 0.3) is 0 Å². The highest BCUT2D eigenvalue weighted by Gasteiger charge is 2.47. The number of methoxy groups -OCH3 is 1. The maximum Gasteiger partial charge on any atom is 0.0959 e. The van der Waals surface area contributed by atoms with Crippen molar-refractivity contribution >= 4 is 0 Å². The van der Waals surface area contributed by atoms with E-state index >= 15 is 0 Å². The first-order chi connectivity index (χ1) is 8.69. The molecular formula is C13H21N3O2. The van der Waals surface area contributed by atoms with Gasteiger partial charge in [0.05, 0.1) is 17.9 Å². The zero-order valence-corrected chi connectivity index (χ0v) is 11.1. The Kier molecular flexibility index (Phi) is 3.13. The molecule has 2 aliphatic rings. The Bertz CT molecular complexity index is 412. The molecule has 1 spiro atoms. The summed E-state index contributed by atoms with van der Waals surface area (Å²) < 4.78 is 13.3. The summed E-state index contributed by atoms with van der Waals surface area (Å²) >= 11 is 0. The maximum absolute atomic E-state index is 5.96. The number of hydrogen-bond acceptors (Lipinski definition) is 4. The lowest BCUT2D eigenvalue weighted by molar-refractivity contribution is -0.195. The first-order valence-electron chi connectivity index (χ1n) is 6.56. The third-order valence-corrected chi connectivity index (χ3v) is 3.97. The van der Waals surface area contributed by atoms with E-state index < -0.39 is 0 Å². The smallest absolute Gasteiger partial charge is 0.0959 e. The highest BCUT2D eigenvalue weighted by Crippen LogP contribution is 2.35. The Balaban J connectivity index is 1.53. The molecule has 100 valence electrons. The Morgan fingerprint density at radius 1 is 1.56 bits per heavy atom. The molecule has 2 fully saturated rings. The summed E-state index contributed by atoms with van der Waals surface area (Å²) in [5.74, 6) is 0. The van der Waals surface area contributed by atoms with E-state index in [0.29, 0.717) is 6.10 Å². The first-order valence-corrected chi connectivity index (χ1v) is 6.56.